The first-order valence-corrected chi connectivity index (χ1v) is 5.22. The molecule has 0 atom stereocenters. The van der Waals surface area contributed by atoms with E-state index in [-0.39, 0.29) is 17.9 Å². The van der Waals surface area contributed by atoms with E-state index in [2.05, 4.69) is 9.97 Å². The first-order valence-electron chi connectivity index (χ1n) is 5.22. The summed E-state index contributed by atoms with van der Waals surface area (Å²) in [7, 11) is 0. The molecule has 0 aliphatic heterocycles. The molecular formula is C10H16N4O2. The van der Waals surface area contributed by atoms with E-state index in [0.717, 1.165) is 12.8 Å². The van der Waals surface area contributed by atoms with Gasteiger partial charge in [0, 0.05) is 18.9 Å². The quantitative estimate of drug-likeness (QED) is 0.703. The monoisotopic (exact) mass is 224 g/mol. The third-order valence-electron chi connectivity index (χ3n) is 2.12. The molecule has 6 heteroatoms. The second kappa shape index (κ2) is 5.89. The molecule has 0 radical (unpaired) electrons. The van der Waals surface area contributed by atoms with Crippen molar-refractivity contribution in [2.24, 2.45) is 5.73 Å². The molecule has 16 heavy (non-hydrogen) atoms. The summed E-state index contributed by atoms with van der Waals surface area (Å²) >= 11 is 0. The highest BCUT2D eigenvalue weighted by atomic mass is 16.1. The van der Waals surface area contributed by atoms with Gasteiger partial charge in [0.15, 0.2) is 5.82 Å². The van der Waals surface area contributed by atoms with Crippen molar-refractivity contribution in [3.8, 4) is 0 Å². The Bertz CT molecular complexity index is 402. The van der Waals surface area contributed by atoms with Crippen LogP contribution in [0.1, 0.15) is 19.8 Å². The van der Waals surface area contributed by atoms with Crippen molar-refractivity contribution in [3.05, 3.63) is 22.7 Å². The number of hydrogen-bond acceptors (Lipinski definition) is 4. The van der Waals surface area contributed by atoms with Crippen molar-refractivity contribution in [3.63, 3.8) is 0 Å². The summed E-state index contributed by atoms with van der Waals surface area (Å²) in [5.41, 5.74) is 4.83. The molecule has 0 spiro atoms. The van der Waals surface area contributed by atoms with E-state index in [4.69, 9.17) is 5.73 Å². The van der Waals surface area contributed by atoms with Crippen LogP contribution in [0.4, 0.5) is 5.82 Å². The average molecular weight is 224 g/mol. The van der Waals surface area contributed by atoms with E-state index in [1.54, 1.807) is 4.90 Å². The molecule has 0 fully saturated rings. The molecule has 1 rings (SSSR count). The standard InChI is InChI=1S/C10H16N4O2/c1-2-3-6-14(7-8(11)15)9-10(16)13-5-4-12-9/h4-5H,2-3,6-7H2,1H3,(H2,11,15)(H,13,16). The molecule has 0 unspecified atom stereocenters. The summed E-state index contributed by atoms with van der Waals surface area (Å²) in [6.45, 7) is 2.64. The summed E-state index contributed by atoms with van der Waals surface area (Å²) in [6, 6.07) is 0. The normalized spacial score (nSPS) is 10.1. The molecule has 1 amide bonds. The number of hydrogen-bond donors (Lipinski definition) is 2. The number of unbranched alkanes of at least 4 members (excludes halogenated alkanes) is 1. The first kappa shape index (κ1) is 12.2. The number of H-pyrrole nitrogens is 1. The van der Waals surface area contributed by atoms with Gasteiger partial charge < -0.3 is 15.6 Å². The van der Waals surface area contributed by atoms with Gasteiger partial charge in [-0.2, -0.15) is 0 Å². The van der Waals surface area contributed by atoms with Crippen molar-refractivity contribution in [1.82, 2.24) is 9.97 Å². The van der Waals surface area contributed by atoms with Crippen LogP contribution in [0, 0.1) is 0 Å². The van der Waals surface area contributed by atoms with Crippen LogP contribution in [0.25, 0.3) is 0 Å². The molecule has 0 aromatic carbocycles. The van der Waals surface area contributed by atoms with E-state index in [1.807, 2.05) is 6.92 Å². The Morgan fingerprint density at radius 2 is 2.38 bits per heavy atom. The Balaban J connectivity index is 2.87. The van der Waals surface area contributed by atoms with Crippen LogP contribution in [0.5, 0.6) is 0 Å². The summed E-state index contributed by atoms with van der Waals surface area (Å²) in [5, 5.41) is 0. The summed E-state index contributed by atoms with van der Waals surface area (Å²) in [4.78, 5) is 30.5. The maximum atomic E-state index is 11.5. The summed E-state index contributed by atoms with van der Waals surface area (Å²) in [6.07, 6.45) is 4.79. The Morgan fingerprint density at radius 3 is 2.94 bits per heavy atom. The minimum atomic E-state index is -0.471. The van der Waals surface area contributed by atoms with Crippen molar-refractivity contribution in [2.45, 2.75) is 19.8 Å². The van der Waals surface area contributed by atoms with Crippen LogP contribution < -0.4 is 16.2 Å². The lowest BCUT2D eigenvalue weighted by atomic mass is 10.3. The molecule has 0 aliphatic rings. The van der Waals surface area contributed by atoms with E-state index >= 15 is 0 Å². The topological polar surface area (TPSA) is 92.1 Å². The summed E-state index contributed by atoms with van der Waals surface area (Å²) in [5.74, 6) is -0.226. The fourth-order valence-corrected chi connectivity index (χ4v) is 1.37. The fraction of sp³-hybridized carbons (Fsp3) is 0.500. The molecular weight excluding hydrogens is 208 g/mol. The van der Waals surface area contributed by atoms with Gasteiger partial charge in [-0.1, -0.05) is 13.3 Å². The van der Waals surface area contributed by atoms with Gasteiger partial charge in [0.2, 0.25) is 5.91 Å². The van der Waals surface area contributed by atoms with Crippen LogP contribution in [0.15, 0.2) is 17.2 Å². The van der Waals surface area contributed by atoms with Crippen LogP contribution in [-0.2, 0) is 4.79 Å². The van der Waals surface area contributed by atoms with E-state index in [0.29, 0.717) is 6.54 Å². The molecule has 88 valence electrons. The number of carbonyl (C=O) groups is 1. The second-order valence-corrected chi connectivity index (χ2v) is 3.48. The maximum Gasteiger partial charge on any atom is 0.290 e. The second-order valence-electron chi connectivity index (χ2n) is 3.48. The van der Waals surface area contributed by atoms with Crippen molar-refractivity contribution >= 4 is 11.7 Å². The van der Waals surface area contributed by atoms with Gasteiger partial charge in [-0.25, -0.2) is 4.98 Å². The van der Waals surface area contributed by atoms with Gasteiger partial charge in [-0.05, 0) is 6.42 Å². The van der Waals surface area contributed by atoms with Crippen LogP contribution in [0.2, 0.25) is 0 Å². The predicted octanol–water partition coefficient (Wildman–Crippen LogP) is -0.138. The van der Waals surface area contributed by atoms with Crippen LogP contribution >= 0.6 is 0 Å². The largest absolute Gasteiger partial charge is 0.368 e. The molecule has 0 bridgehead atoms. The third kappa shape index (κ3) is 3.38. The molecule has 1 aromatic rings. The smallest absolute Gasteiger partial charge is 0.290 e. The van der Waals surface area contributed by atoms with Gasteiger partial charge >= 0.3 is 0 Å². The van der Waals surface area contributed by atoms with E-state index in [9.17, 15) is 9.59 Å². The number of amides is 1. The van der Waals surface area contributed by atoms with E-state index in [1.165, 1.54) is 12.4 Å². The predicted molar refractivity (Wildman–Crippen MR) is 61.2 cm³/mol. The Morgan fingerprint density at radius 1 is 1.62 bits per heavy atom. The van der Waals surface area contributed by atoms with Gasteiger partial charge in [0.05, 0.1) is 6.54 Å². The van der Waals surface area contributed by atoms with Crippen molar-refractivity contribution < 1.29 is 4.79 Å². The van der Waals surface area contributed by atoms with Crippen molar-refractivity contribution in [2.75, 3.05) is 18.0 Å². The van der Waals surface area contributed by atoms with Gasteiger partial charge in [0.25, 0.3) is 5.56 Å². The molecule has 0 saturated carbocycles. The zero-order valence-electron chi connectivity index (χ0n) is 9.27. The van der Waals surface area contributed by atoms with Gasteiger partial charge in [0.1, 0.15) is 0 Å². The third-order valence-corrected chi connectivity index (χ3v) is 2.12. The molecule has 1 heterocycles. The molecule has 0 saturated heterocycles. The SMILES string of the molecule is CCCCN(CC(N)=O)c1ncc[nH]c1=O. The number of nitrogens with zero attached hydrogens (tertiary/aromatic N) is 2. The minimum absolute atomic E-state index is 0.0140. The number of nitrogens with one attached hydrogen (secondary N) is 1. The average Bonchev–Trinajstić information content (AvgIpc) is 2.24. The summed E-state index contributed by atoms with van der Waals surface area (Å²) < 4.78 is 0. The van der Waals surface area contributed by atoms with Crippen molar-refractivity contribution in [1.29, 1.82) is 0 Å². The lowest BCUT2D eigenvalue weighted by Gasteiger charge is -2.20. The number of anilines is 1. The number of carbonyl (C=O) groups excluding carboxylic acids is 1. The number of rotatable bonds is 6. The molecule has 1 aromatic heterocycles. The zero-order valence-corrected chi connectivity index (χ0v) is 9.27. The van der Waals surface area contributed by atoms with Crippen LogP contribution in [0.3, 0.4) is 0 Å². The highest BCUT2D eigenvalue weighted by Gasteiger charge is 2.13. The molecule has 3 N–H and O–H groups in total. The Labute approximate surface area is 93.5 Å². The maximum absolute atomic E-state index is 11.5. The van der Waals surface area contributed by atoms with Gasteiger partial charge in [-0.3, -0.25) is 9.59 Å². The number of aromatic amines is 1. The molecule has 6 nitrogen and oxygen atoms in total. The fourth-order valence-electron chi connectivity index (χ4n) is 1.37. The van der Waals surface area contributed by atoms with Crippen LogP contribution in [-0.4, -0.2) is 29.0 Å². The Hall–Kier alpha value is -1.85. The van der Waals surface area contributed by atoms with E-state index < -0.39 is 5.91 Å². The Kier molecular flexibility index (Phi) is 4.50. The lowest BCUT2D eigenvalue weighted by Crippen LogP contribution is -2.38. The first-order chi connectivity index (χ1) is 7.65. The minimum Gasteiger partial charge on any atom is -0.368 e. The highest BCUT2D eigenvalue weighted by Crippen LogP contribution is 2.03. The number of nitrogens with two attached hydrogens (primary N) is 1. The molecule has 0 aliphatic carbocycles. The van der Waals surface area contributed by atoms with Gasteiger partial charge in [-0.15, -0.1) is 0 Å². The zero-order chi connectivity index (χ0) is 12.0. The number of aromatic nitrogens is 2. The highest BCUT2D eigenvalue weighted by molar-refractivity contribution is 5.79. The number of primary amides is 1. The lowest BCUT2D eigenvalue weighted by molar-refractivity contribution is -0.116.